The summed E-state index contributed by atoms with van der Waals surface area (Å²) in [5, 5.41) is 12.1. The molecule has 12 nitrogen and oxygen atoms in total. The first-order chi connectivity index (χ1) is 27.6. The second kappa shape index (κ2) is 20.7. The summed E-state index contributed by atoms with van der Waals surface area (Å²) in [5.41, 5.74) is 1.19. The third-order valence-electron chi connectivity index (χ3n) is 9.11. The number of ether oxygens (including phenoxy) is 3. The van der Waals surface area contributed by atoms with Crippen LogP contribution in [0.3, 0.4) is 0 Å². The van der Waals surface area contributed by atoms with Gasteiger partial charge in [0.25, 0.3) is 14.4 Å². The topological polar surface area (TPSA) is 137 Å². The molecule has 1 aromatic heterocycles. The van der Waals surface area contributed by atoms with Crippen molar-refractivity contribution >= 4 is 20.3 Å². The third kappa shape index (κ3) is 10.9. The van der Waals surface area contributed by atoms with Gasteiger partial charge in [0.2, 0.25) is 0 Å². The smallest absolute Gasteiger partial charge is 0.349 e. The molecule has 0 saturated carbocycles. The van der Waals surface area contributed by atoms with E-state index in [-0.39, 0.29) is 50.0 Å². The standard InChI is InChI=1S/C44H50N5O7P/c1-32(2)49(33(3)4)57(55-29-13-27-45)56-40(30-48-28-26-41(47-43(48)51)46-42(50)34-14-9-7-10-15-34)31-54-44(35-16-11-8-12-17-35,36-18-22-38(52-5)23-19-36)37-20-24-39(53-6)25-21-37/h7-12,14-26,28,32-33,40H,13,29-31H2,1-6H3,(H,46,47,50,51)/t40-,57?/m0/s1. The molecule has 5 rings (SSSR count). The van der Waals surface area contributed by atoms with Crippen LogP contribution in [-0.4, -0.2) is 65.7 Å². The van der Waals surface area contributed by atoms with E-state index in [0.29, 0.717) is 17.1 Å². The van der Waals surface area contributed by atoms with Gasteiger partial charge < -0.3 is 28.6 Å². The Balaban J connectivity index is 1.58. The van der Waals surface area contributed by atoms with Gasteiger partial charge in [-0.3, -0.25) is 9.36 Å². The van der Waals surface area contributed by atoms with E-state index in [1.54, 1.807) is 50.7 Å². The van der Waals surface area contributed by atoms with Crippen LogP contribution in [0, 0.1) is 11.3 Å². The zero-order valence-corrected chi connectivity index (χ0v) is 34.1. The average molecular weight is 792 g/mol. The molecule has 0 aliphatic carbocycles. The molecule has 1 unspecified atom stereocenters. The van der Waals surface area contributed by atoms with Gasteiger partial charge in [-0.2, -0.15) is 10.2 Å². The van der Waals surface area contributed by atoms with Crippen molar-refractivity contribution in [1.29, 1.82) is 5.26 Å². The number of nitrogens with one attached hydrogen (secondary N) is 1. The number of aromatic nitrogens is 2. The number of carbonyl (C=O) groups excluding carboxylic acids is 1. The minimum Gasteiger partial charge on any atom is -0.497 e. The predicted octanol–water partition coefficient (Wildman–Crippen LogP) is 8.18. The lowest BCUT2D eigenvalue weighted by Gasteiger charge is -2.39. The molecule has 0 aliphatic heterocycles. The van der Waals surface area contributed by atoms with Crippen molar-refractivity contribution in [2.45, 2.75) is 64.4 Å². The second-order valence-electron chi connectivity index (χ2n) is 13.7. The number of amides is 1. The van der Waals surface area contributed by atoms with Crippen molar-refractivity contribution < 1.29 is 28.1 Å². The van der Waals surface area contributed by atoms with Gasteiger partial charge in [-0.05, 0) is 86.8 Å². The Labute approximate surface area is 335 Å². The molecule has 13 heteroatoms. The molecule has 57 heavy (non-hydrogen) atoms. The minimum absolute atomic E-state index is 0.0175. The summed E-state index contributed by atoms with van der Waals surface area (Å²) in [7, 11) is 1.49. The first-order valence-corrected chi connectivity index (χ1v) is 19.9. The van der Waals surface area contributed by atoms with Gasteiger partial charge in [0, 0.05) is 23.8 Å². The van der Waals surface area contributed by atoms with E-state index in [9.17, 15) is 14.9 Å². The van der Waals surface area contributed by atoms with Crippen LogP contribution in [0.15, 0.2) is 126 Å². The van der Waals surface area contributed by atoms with E-state index in [1.807, 2.05) is 84.9 Å². The highest BCUT2D eigenvalue weighted by atomic mass is 31.2. The third-order valence-corrected chi connectivity index (χ3v) is 11.3. The largest absolute Gasteiger partial charge is 0.497 e. The fourth-order valence-electron chi connectivity index (χ4n) is 6.47. The first kappa shape index (κ1) is 42.7. The number of methoxy groups -OCH3 is 2. The van der Waals surface area contributed by atoms with Crippen LogP contribution in [0.25, 0.3) is 0 Å². The van der Waals surface area contributed by atoms with E-state index in [1.165, 1.54) is 4.57 Å². The van der Waals surface area contributed by atoms with Crippen LogP contribution in [-0.2, 0) is 25.9 Å². The van der Waals surface area contributed by atoms with Gasteiger partial charge in [0.1, 0.15) is 29.0 Å². The first-order valence-electron chi connectivity index (χ1n) is 18.8. The molecule has 0 fully saturated rings. The Hall–Kier alpha value is -5.41. The van der Waals surface area contributed by atoms with Crippen LogP contribution in [0.5, 0.6) is 11.5 Å². The monoisotopic (exact) mass is 791 g/mol. The second-order valence-corrected chi connectivity index (χ2v) is 15.1. The number of rotatable bonds is 20. The van der Waals surface area contributed by atoms with Crippen LogP contribution in [0.4, 0.5) is 5.82 Å². The summed E-state index contributed by atoms with van der Waals surface area (Å²) in [5.74, 6) is 1.12. The Morgan fingerprint density at radius 1 is 0.825 bits per heavy atom. The van der Waals surface area contributed by atoms with Crippen molar-refractivity contribution in [3.05, 3.63) is 154 Å². The Kier molecular flexibility index (Phi) is 15.5. The van der Waals surface area contributed by atoms with Gasteiger partial charge in [0.05, 0.1) is 46.5 Å². The van der Waals surface area contributed by atoms with E-state index < -0.39 is 25.9 Å². The molecule has 1 heterocycles. The van der Waals surface area contributed by atoms with Crippen LogP contribution >= 0.6 is 8.53 Å². The molecule has 1 amide bonds. The zero-order chi connectivity index (χ0) is 40.8. The molecule has 4 aromatic carbocycles. The number of benzene rings is 4. The maximum absolute atomic E-state index is 13.6. The molecule has 0 spiro atoms. The van der Waals surface area contributed by atoms with Crippen LogP contribution < -0.4 is 20.5 Å². The molecule has 0 aliphatic rings. The zero-order valence-electron chi connectivity index (χ0n) is 33.2. The number of anilines is 1. The lowest BCUT2D eigenvalue weighted by molar-refractivity contribution is -0.0387. The maximum Gasteiger partial charge on any atom is 0.349 e. The highest BCUT2D eigenvalue weighted by molar-refractivity contribution is 7.44. The summed E-state index contributed by atoms with van der Waals surface area (Å²) in [6, 6.07) is 37.8. The molecule has 298 valence electrons. The molecular weight excluding hydrogens is 741 g/mol. The van der Waals surface area contributed by atoms with Crippen LogP contribution in [0.2, 0.25) is 0 Å². The van der Waals surface area contributed by atoms with Crippen LogP contribution in [0.1, 0.15) is 61.2 Å². The van der Waals surface area contributed by atoms with E-state index in [4.69, 9.17) is 23.3 Å². The van der Waals surface area contributed by atoms with Gasteiger partial charge in [-0.1, -0.05) is 72.8 Å². The summed E-state index contributed by atoms with van der Waals surface area (Å²) in [6.07, 6.45) is 0.978. The van der Waals surface area contributed by atoms with Crippen molar-refractivity contribution in [1.82, 2.24) is 14.2 Å². The highest BCUT2D eigenvalue weighted by Gasteiger charge is 2.40. The van der Waals surface area contributed by atoms with Crippen molar-refractivity contribution in [3.8, 4) is 17.6 Å². The minimum atomic E-state index is -1.75. The van der Waals surface area contributed by atoms with E-state index in [2.05, 4.69) is 48.7 Å². The van der Waals surface area contributed by atoms with Crippen molar-refractivity contribution in [2.24, 2.45) is 0 Å². The van der Waals surface area contributed by atoms with Gasteiger partial charge in [-0.15, -0.1) is 0 Å². The number of nitrogens with zero attached hydrogens (tertiary/aromatic N) is 4. The Bertz CT molecular complexity index is 2050. The average Bonchev–Trinajstić information content (AvgIpc) is 3.22. The van der Waals surface area contributed by atoms with Gasteiger partial charge in [0.15, 0.2) is 0 Å². The molecule has 1 N–H and O–H groups in total. The molecule has 0 saturated heterocycles. The fourth-order valence-corrected chi connectivity index (χ4v) is 8.15. The number of nitriles is 1. The van der Waals surface area contributed by atoms with Gasteiger partial charge in [-0.25, -0.2) is 9.46 Å². The molecule has 0 bridgehead atoms. The summed E-state index contributed by atoms with van der Waals surface area (Å²) >= 11 is 0. The van der Waals surface area contributed by atoms with E-state index >= 15 is 0 Å². The molecule has 2 atom stereocenters. The summed E-state index contributed by atoms with van der Waals surface area (Å²) in [6.45, 7) is 8.40. The Morgan fingerprint density at radius 2 is 1.37 bits per heavy atom. The SMILES string of the molecule is COc1ccc(C(OC[C@H](Cn2ccc(NC(=O)c3ccccc3)nc2=O)OP(OCCC#N)N(C(C)C)C(C)C)(c2ccccc2)c2ccc(OC)cc2)cc1. The quantitative estimate of drug-likeness (QED) is 0.0467. The molecule has 0 radical (unpaired) electrons. The number of hydrogen-bond acceptors (Lipinski definition) is 10. The Morgan fingerprint density at radius 3 is 1.88 bits per heavy atom. The molecular formula is C44H50N5O7P. The highest BCUT2D eigenvalue weighted by Crippen LogP contribution is 2.48. The number of carbonyl (C=O) groups is 1. The van der Waals surface area contributed by atoms with Gasteiger partial charge >= 0.3 is 5.69 Å². The number of hydrogen-bond donors (Lipinski definition) is 1. The maximum atomic E-state index is 13.6. The summed E-state index contributed by atoms with van der Waals surface area (Å²) < 4.78 is 35.1. The van der Waals surface area contributed by atoms with Crippen molar-refractivity contribution in [3.63, 3.8) is 0 Å². The molecule has 5 aromatic rings. The predicted molar refractivity (Wildman–Crippen MR) is 221 cm³/mol. The van der Waals surface area contributed by atoms with Crippen molar-refractivity contribution in [2.75, 3.05) is 32.8 Å². The fraction of sp³-hybridized carbons (Fsp3) is 0.318. The normalized spacial score (nSPS) is 12.6. The summed E-state index contributed by atoms with van der Waals surface area (Å²) in [4.78, 5) is 30.7. The van der Waals surface area contributed by atoms with E-state index in [0.717, 1.165) is 16.7 Å². The lowest BCUT2D eigenvalue weighted by atomic mass is 9.80. The lowest BCUT2D eigenvalue weighted by Crippen LogP contribution is -2.40.